The van der Waals surface area contributed by atoms with E-state index >= 15 is 0 Å². The van der Waals surface area contributed by atoms with Gasteiger partial charge in [-0.2, -0.15) is 0 Å². The van der Waals surface area contributed by atoms with E-state index in [-0.39, 0.29) is 0 Å². The molecule has 3 nitrogen and oxygen atoms in total. The van der Waals surface area contributed by atoms with E-state index in [2.05, 4.69) is 9.99 Å². The van der Waals surface area contributed by atoms with Crippen LogP contribution in [0.2, 0.25) is 0 Å². The standard InChI is InChI=1S/C14H13NO2/c1-10(15-17-11(2)16)13-9-5-7-12-6-3-4-8-14(12)13/h3-9H,1-2H3/b15-10-. The predicted molar refractivity (Wildman–Crippen MR) is 67.9 cm³/mol. The molecule has 0 amide bonds. The third-order valence-electron chi connectivity index (χ3n) is 2.49. The molecule has 3 heteroatoms. The first-order valence-electron chi connectivity index (χ1n) is 5.39. The van der Waals surface area contributed by atoms with Crippen LogP contribution < -0.4 is 0 Å². The normalized spacial score (nSPS) is 11.5. The summed E-state index contributed by atoms with van der Waals surface area (Å²) >= 11 is 0. The van der Waals surface area contributed by atoms with Crippen LogP contribution in [0.4, 0.5) is 0 Å². The van der Waals surface area contributed by atoms with E-state index in [9.17, 15) is 4.79 Å². The van der Waals surface area contributed by atoms with Crippen molar-refractivity contribution in [1.29, 1.82) is 0 Å². The largest absolute Gasteiger partial charge is 0.331 e. The maximum absolute atomic E-state index is 10.7. The molecule has 0 radical (unpaired) electrons. The van der Waals surface area contributed by atoms with Gasteiger partial charge < -0.3 is 4.84 Å². The summed E-state index contributed by atoms with van der Waals surface area (Å²) < 4.78 is 0. The number of carbonyl (C=O) groups is 1. The van der Waals surface area contributed by atoms with E-state index < -0.39 is 5.97 Å². The monoisotopic (exact) mass is 227 g/mol. The highest BCUT2D eigenvalue weighted by atomic mass is 16.7. The van der Waals surface area contributed by atoms with Crippen molar-refractivity contribution in [2.45, 2.75) is 13.8 Å². The lowest BCUT2D eigenvalue weighted by Crippen LogP contribution is -2.00. The van der Waals surface area contributed by atoms with Crippen LogP contribution in [0.5, 0.6) is 0 Å². The van der Waals surface area contributed by atoms with Gasteiger partial charge in [-0.25, -0.2) is 4.79 Å². The van der Waals surface area contributed by atoms with Gasteiger partial charge in [0, 0.05) is 12.5 Å². The van der Waals surface area contributed by atoms with Gasteiger partial charge in [0.25, 0.3) is 0 Å². The van der Waals surface area contributed by atoms with Crippen molar-refractivity contribution < 1.29 is 9.63 Å². The highest BCUT2D eigenvalue weighted by Crippen LogP contribution is 2.19. The van der Waals surface area contributed by atoms with E-state index in [1.807, 2.05) is 49.4 Å². The summed E-state index contributed by atoms with van der Waals surface area (Å²) in [6, 6.07) is 14.0. The maximum Gasteiger partial charge on any atom is 0.331 e. The number of nitrogens with zero attached hydrogens (tertiary/aromatic N) is 1. The van der Waals surface area contributed by atoms with E-state index in [1.54, 1.807) is 0 Å². The molecule has 0 bridgehead atoms. The Morgan fingerprint density at radius 2 is 1.76 bits per heavy atom. The number of oxime groups is 1. The topological polar surface area (TPSA) is 38.7 Å². The van der Waals surface area contributed by atoms with E-state index in [0.29, 0.717) is 5.71 Å². The zero-order chi connectivity index (χ0) is 12.3. The first-order valence-corrected chi connectivity index (χ1v) is 5.39. The Balaban J connectivity index is 2.48. The molecule has 0 saturated heterocycles. The van der Waals surface area contributed by atoms with Crippen LogP contribution in [0.1, 0.15) is 19.4 Å². The van der Waals surface area contributed by atoms with Crippen molar-refractivity contribution in [2.24, 2.45) is 5.16 Å². The Morgan fingerprint density at radius 3 is 2.53 bits per heavy atom. The van der Waals surface area contributed by atoms with Gasteiger partial charge in [-0.15, -0.1) is 0 Å². The highest BCUT2D eigenvalue weighted by molar-refractivity contribution is 6.09. The van der Waals surface area contributed by atoms with E-state index in [1.165, 1.54) is 6.92 Å². The van der Waals surface area contributed by atoms with Crippen molar-refractivity contribution in [3.63, 3.8) is 0 Å². The quantitative estimate of drug-likeness (QED) is 0.449. The molecule has 0 heterocycles. The molecule has 0 aliphatic heterocycles. The van der Waals surface area contributed by atoms with Crippen LogP contribution in [0.15, 0.2) is 47.6 Å². The van der Waals surface area contributed by atoms with Crippen LogP contribution >= 0.6 is 0 Å². The second-order valence-electron chi connectivity index (χ2n) is 3.79. The van der Waals surface area contributed by atoms with Crippen molar-refractivity contribution in [3.05, 3.63) is 48.0 Å². The average Bonchev–Trinajstić information content (AvgIpc) is 2.35. The molecule has 2 rings (SSSR count). The summed E-state index contributed by atoms with van der Waals surface area (Å²) in [6.07, 6.45) is 0. The molecule has 2 aromatic rings. The van der Waals surface area contributed by atoms with Gasteiger partial charge in [0.2, 0.25) is 0 Å². The van der Waals surface area contributed by atoms with Gasteiger partial charge in [-0.1, -0.05) is 47.6 Å². The number of hydrogen-bond acceptors (Lipinski definition) is 3. The van der Waals surface area contributed by atoms with Gasteiger partial charge in [-0.05, 0) is 17.7 Å². The average molecular weight is 227 g/mol. The number of rotatable bonds is 2. The highest BCUT2D eigenvalue weighted by Gasteiger charge is 2.04. The lowest BCUT2D eigenvalue weighted by molar-refractivity contribution is -0.140. The third-order valence-corrected chi connectivity index (χ3v) is 2.49. The van der Waals surface area contributed by atoms with Crippen molar-refractivity contribution in [3.8, 4) is 0 Å². The second-order valence-corrected chi connectivity index (χ2v) is 3.79. The summed E-state index contributed by atoms with van der Waals surface area (Å²) in [5.74, 6) is -0.412. The SMILES string of the molecule is CC(=O)O/N=C(/C)c1cccc2ccccc12. The fourth-order valence-electron chi connectivity index (χ4n) is 1.72. The van der Waals surface area contributed by atoms with Crippen LogP contribution in [0, 0.1) is 0 Å². The summed E-state index contributed by atoms with van der Waals surface area (Å²) in [5, 5.41) is 6.05. The maximum atomic E-state index is 10.7. The minimum atomic E-state index is -0.412. The summed E-state index contributed by atoms with van der Waals surface area (Å²) in [5.41, 5.74) is 1.67. The van der Waals surface area contributed by atoms with E-state index in [0.717, 1.165) is 16.3 Å². The lowest BCUT2D eigenvalue weighted by Gasteiger charge is -2.05. The molecule has 86 valence electrons. The Labute approximate surface area is 99.7 Å². The molecule has 0 atom stereocenters. The van der Waals surface area contributed by atoms with Gasteiger partial charge >= 0.3 is 5.97 Å². The zero-order valence-corrected chi connectivity index (χ0v) is 9.81. The van der Waals surface area contributed by atoms with Crippen LogP contribution in [-0.2, 0) is 9.63 Å². The Bertz CT molecular complexity index is 582. The van der Waals surface area contributed by atoms with Gasteiger partial charge in [-0.3, -0.25) is 0 Å². The first kappa shape index (κ1) is 11.3. The van der Waals surface area contributed by atoms with Gasteiger partial charge in [0.15, 0.2) is 0 Å². The summed E-state index contributed by atoms with van der Waals surface area (Å²) in [6.45, 7) is 3.16. The van der Waals surface area contributed by atoms with Crippen molar-refractivity contribution >= 4 is 22.5 Å². The van der Waals surface area contributed by atoms with Crippen molar-refractivity contribution in [1.82, 2.24) is 0 Å². The molecule has 0 unspecified atom stereocenters. The lowest BCUT2D eigenvalue weighted by atomic mass is 10.0. The molecule has 0 spiro atoms. The summed E-state index contributed by atoms with van der Waals surface area (Å²) in [4.78, 5) is 15.4. The molecule has 0 aliphatic carbocycles. The number of fused-ring (bicyclic) bond motifs is 1. The summed E-state index contributed by atoms with van der Waals surface area (Å²) in [7, 11) is 0. The molecular formula is C14H13NO2. The second kappa shape index (κ2) is 4.78. The van der Waals surface area contributed by atoms with E-state index in [4.69, 9.17) is 0 Å². The molecular weight excluding hydrogens is 214 g/mol. The molecule has 17 heavy (non-hydrogen) atoms. The van der Waals surface area contributed by atoms with Crippen LogP contribution in [-0.4, -0.2) is 11.7 Å². The third kappa shape index (κ3) is 2.50. The fraction of sp³-hybridized carbons (Fsp3) is 0.143. The predicted octanol–water partition coefficient (Wildman–Crippen LogP) is 3.13. The smallest absolute Gasteiger partial charge is 0.318 e. The minimum Gasteiger partial charge on any atom is -0.318 e. The molecule has 2 aromatic carbocycles. The Morgan fingerprint density at radius 1 is 1.06 bits per heavy atom. The first-order chi connectivity index (χ1) is 8.18. The van der Waals surface area contributed by atoms with Gasteiger partial charge in [0.1, 0.15) is 0 Å². The van der Waals surface area contributed by atoms with Crippen molar-refractivity contribution in [2.75, 3.05) is 0 Å². The zero-order valence-electron chi connectivity index (χ0n) is 9.81. The molecule has 0 saturated carbocycles. The molecule has 0 fully saturated rings. The Hall–Kier alpha value is -2.16. The van der Waals surface area contributed by atoms with Crippen LogP contribution in [0.25, 0.3) is 10.8 Å². The molecule has 0 aliphatic rings. The van der Waals surface area contributed by atoms with Gasteiger partial charge in [0.05, 0.1) is 5.71 Å². The Kier molecular flexibility index (Phi) is 3.19. The van der Waals surface area contributed by atoms with Crippen LogP contribution in [0.3, 0.4) is 0 Å². The molecule has 0 aromatic heterocycles. The minimum absolute atomic E-state index is 0.412. The fourth-order valence-corrected chi connectivity index (χ4v) is 1.72. The molecule has 0 N–H and O–H groups in total. The number of benzene rings is 2. The number of carbonyl (C=O) groups excluding carboxylic acids is 1. The number of hydrogen-bond donors (Lipinski definition) is 0.